The second kappa shape index (κ2) is 5.61. The first kappa shape index (κ1) is 14.5. The molecule has 3 nitrogen and oxygen atoms in total. The van der Waals surface area contributed by atoms with E-state index in [1.54, 1.807) is 0 Å². The molecule has 0 unspecified atom stereocenters. The van der Waals surface area contributed by atoms with Crippen LogP contribution in [-0.2, 0) is 20.7 Å². The molecule has 0 spiro atoms. The highest BCUT2D eigenvalue weighted by Gasteiger charge is 2.36. The van der Waals surface area contributed by atoms with E-state index in [2.05, 4.69) is 45.0 Å². The minimum Gasteiger partial charge on any atom is -0.346 e. The average molecular weight is 263 g/mol. The molecule has 2 rings (SSSR count). The summed E-state index contributed by atoms with van der Waals surface area (Å²) in [5.41, 5.74) is 8.27. The van der Waals surface area contributed by atoms with E-state index in [9.17, 15) is 0 Å². The van der Waals surface area contributed by atoms with Crippen molar-refractivity contribution in [2.75, 3.05) is 19.8 Å². The molecule has 1 aromatic rings. The molecule has 1 heterocycles. The molecule has 1 aliphatic rings. The first-order valence-corrected chi connectivity index (χ1v) is 7.07. The molecule has 0 bridgehead atoms. The molecule has 3 heteroatoms. The van der Waals surface area contributed by atoms with Gasteiger partial charge in [-0.05, 0) is 23.9 Å². The van der Waals surface area contributed by atoms with Gasteiger partial charge in [-0.1, -0.05) is 45.0 Å². The summed E-state index contributed by atoms with van der Waals surface area (Å²) in [5, 5.41) is 0. The maximum Gasteiger partial charge on any atom is 0.195 e. The molecule has 106 valence electrons. The SMILES string of the molecule is CC(C)(C)c1ccc(C2(CCN)OCCCO2)cc1. The van der Waals surface area contributed by atoms with Crippen molar-refractivity contribution >= 4 is 0 Å². The third-order valence-corrected chi connectivity index (χ3v) is 3.62. The van der Waals surface area contributed by atoms with Crippen LogP contribution in [0, 0.1) is 0 Å². The Hall–Kier alpha value is -0.900. The van der Waals surface area contributed by atoms with Gasteiger partial charge in [0.1, 0.15) is 0 Å². The molecule has 0 radical (unpaired) electrons. The van der Waals surface area contributed by atoms with Crippen LogP contribution in [0.1, 0.15) is 44.7 Å². The standard InChI is InChI=1S/C16H25NO2/c1-15(2,3)13-5-7-14(8-6-13)16(9-10-17)18-11-4-12-19-16/h5-8H,4,9-12,17H2,1-3H3. The highest BCUT2D eigenvalue weighted by atomic mass is 16.7. The van der Waals surface area contributed by atoms with Crippen LogP contribution in [0.3, 0.4) is 0 Å². The molecule has 0 saturated carbocycles. The van der Waals surface area contributed by atoms with Crippen LogP contribution in [0.15, 0.2) is 24.3 Å². The first-order valence-electron chi connectivity index (χ1n) is 7.07. The van der Waals surface area contributed by atoms with Crippen LogP contribution >= 0.6 is 0 Å². The van der Waals surface area contributed by atoms with Crippen molar-refractivity contribution in [2.24, 2.45) is 5.73 Å². The number of nitrogens with two attached hydrogens (primary N) is 1. The van der Waals surface area contributed by atoms with Crippen LogP contribution in [0.5, 0.6) is 0 Å². The minimum atomic E-state index is -0.636. The summed E-state index contributed by atoms with van der Waals surface area (Å²) in [4.78, 5) is 0. The smallest absolute Gasteiger partial charge is 0.195 e. The van der Waals surface area contributed by atoms with E-state index in [4.69, 9.17) is 15.2 Å². The van der Waals surface area contributed by atoms with Crippen molar-refractivity contribution in [3.05, 3.63) is 35.4 Å². The molecule has 0 aliphatic carbocycles. The Balaban J connectivity index is 2.27. The largest absolute Gasteiger partial charge is 0.346 e. The van der Waals surface area contributed by atoms with Gasteiger partial charge < -0.3 is 15.2 Å². The molecule has 2 N–H and O–H groups in total. The lowest BCUT2D eigenvalue weighted by molar-refractivity contribution is -0.278. The minimum absolute atomic E-state index is 0.161. The second-order valence-corrected chi connectivity index (χ2v) is 6.17. The monoisotopic (exact) mass is 263 g/mol. The van der Waals surface area contributed by atoms with Crippen molar-refractivity contribution in [2.45, 2.75) is 44.8 Å². The molecule has 1 aromatic carbocycles. The molecule has 0 atom stereocenters. The van der Waals surface area contributed by atoms with Crippen molar-refractivity contribution in [1.82, 2.24) is 0 Å². The van der Waals surface area contributed by atoms with Crippen LogP contribution in [0.2, 0.25) is 0 Å². The van der Waals surface area contributed by atoms with E-state index in [0.717, 1.165) is 25.2 Å². The maximum atomic E-state index is 5.92. The van der Waals surface area contributed by atoms with E-state index in [1.165, 1.54) is 5.56 Å². The molecule has 1 saturated heterocycles. The van der Waals surface area contributed by atoms with Crippen molar-refractivity contribution in [3.8, 4) is 0 Å². The Bertz CT molecular complexity index is 394. The predicted molar refractivity (Wildman–Crippen MR) is 77.0 cm³/mol. The normalized spacial score (nSPS) is 19.4. The number of benzene rings is 1. The van der Waals surface area contributed by atoms with Gasteiger partial charge in [0.2, 0.25) is 0 Å². The molecule has 0 aromatic heterocycles. The molecule has 19 heavy (non-hydrogen) atoms. The lowest BCUT2D eigenvalue weighted by Gasteiger charge is -2.37. The fourth-order valence-corrected chi connectivity index (χ4v) is 2.44. The summed E-state index contributed by atoms with van der Waals surface area (Å²) in [7, 11) is 0. The number of hydrogen-bond donors (Lipinski definition) is 1. The Morgan fingerprint density at radius 1 is 1.11 bits per heavy atom. The van der Waals surface area contributed by atoms with E-state index in [1.807, 2.05) is 0 Å². The summed E-state index contributed by atoms with van der Waals surface area (Å²) >= 11 is 0. The second-order valence-electron chi connectivity index (χ2n) is 6.17. The van der Waals surface area contributed by atoms with Gasteiger partial charge in [-0.25, -0.2) is 0 Å². The fourth-order valence-electron chi connectivity index (χ4n) is 2.44. The highest BCUT2D eigenvalue weighted by molar-refractivity contribution is 5.30. The van der Waals surface area contributed by atoms with Crippen LogP contribution < -0.4 is 5.73 Å². The molecular formula is C16H25NO2. The summed E-state index contributed by atoms with van der Waals surface area (Å²) in [6.07, 6.45) is 1.65. The quantitative estimate of drug-likeness (QED) is 0.912. The van der Waals surface area contributed by atoms with Crippen LogP contribution in [-0.4, -0.2) is 19.8 Å². The zero-order chi connectivity index (χ0) is 13.9. The van der Waals surface area contributed by atoms with Crippen molar-refractivity contribution in [1.29, 1.82) is 0 Å². The molecule has 1 fully saturated rings. The van der Waals surface area contributed by atoms with Crippen molar-refractivity contribution in [3.63, 3.8) is 0 Å². The van der Waals surface area contributed by atoms with Gasteiger partial charge in [0.15, 0.2) is 5.79 Å². The van der Waals surface area contributed by atoms with E-state index < -0.39 is 5.79 Å². The Morgan fingerprint density at radius 2 is 1.68 bits per heavy atom. The Kier molecular flexibility index (Phi) is 4.29. The van der Waals surface area contributed by atoms with E-state index in [0.29, 0.717) is 13.0 Å². The van der Waals surface area contributed by atoms with Gasteiger partial charge in [-0.2, -0.15) is 0 Å². The lowest BCUT2D eigenvalue weighted by atomic mass is 9.86. The lowest BCUT2D eigenvalue weighted by Crippen LogP contribution is -2.39. The number of ether oxygens (including phenoxy) is 2. The summed E-state index contributed by atoms with van der Waals surface area (Å²) in [5.74, 6) is -0.636. The summed E-state index contributed by atoms with van der Waals surface area (Å²) in [6, 6.07) is 8.55. The summed E-state index contributed by atoms with van der Waals surface area (Å²) in [6.45, 7) is 8.67. The number of hydrogen-bond acceptors (Lipinski definition) is 3. The Morgan fingerprint density at radius 3 is 2.16 bits per heavy atom. The van der Waals surface area contributed by atoms with Crippen molar-refractivity contribution < 1.29 is 9.47 Å². The van der Waals surface area contributed by atoms with E-state index >= 15 is 0 Å². The maximum absolute atomic E-state index is 5.92. The summed E-state index contributed by atoms with van der Waals surface area (Å²) < 4.78 is 11.8. The van der Waals surface area contributed by atoms with Crippen LogP contribution in [0.25, 0.3) is 0 Å². The first-order chi connectivity index (χ1) is 8.98. The number of rotatable bonds is 3. The molecular weight excluding hydrogens is 238 g/mol. The van der Waals surface area contributed by atoms with Gasteiger partial charge in [-0.15, -0.1) is 0 Å². The average Bonchev–Trinajstić information content (AvgIpc) is 2.39. The highest BCUT2D eigenvalue weighted by Crippen LogP contribution is 2.35. The third-order valence-electron chi connectivity index (χ3n) is 3.62. The topological polar surface area (TPSA) is 44.5 Å². The zero-order valence-corrected chi connectivity index (χ0v) is 12.2. The predicted octanol–water partition coefficient (Wildman–Crippen LogP) is 2.92. The fraction of sp³-hybridized carbons (Fsp3) is 0.625. The Labute approximate surface area is 116 Å². The zero-order valence-electron chi connectivity index (χ0n) is 12.2. The molecule has 1 aliphatic heterocycles. The van der Waals surface area contributed by atoms with Gasteiger partial charge >= 0.3 is 0 Å². The van der Waals surface area contributed by atoms with Gasteiger partial charge in [0.05, 0.1) is 13.2 Å². The van der Waals surface area contributed by atoms with Gasteiger partial charge in [0.25, 0.3) is 0 Å². The van der Waals surface area contributed by atoms with Gasteiger partial charge in [-0.3, -0.25) is 0 Å². The third kappa shape index (κ3) is 3.16. The van der Waals surface area contributed by atoms with E-state index in [-0.39, 0.29) is 5.41 Å². The van der Waals surface area contributed by atoms with Crippen LogP contribution in [0.4, 0.5) is 0 Å². The van der Waals surface area contributed by atoms with Gasteiger partial charge in [0, 0.05) is 12.0 Å². The molecule has 0 amide bonds.